The molecule has 0 atom stereocenters. The number of hydrogen-bond acceptors (Lipinski definition) is 8. The van der Waals surface area contributed by atoms with Crippen molar-refractivity contribution in [2.24, 2.45) is 0 Å². The van der Waals surface area contributed by atoms with Crippen LogP contribution in [0.3, 0.4) is 0 Å². The normalized spacial score (nSPS) is 14.7. The average molecular weight is 437 g/mol. The Morgan fingerprint density at radius 2 is 1.84 bits per heavy atom. The molecule has 3 aromatic rings. The molecule has 2 heterocycles. The van der Waals surface area contributed by atoms with Crippen molar-refractivity contribution >= 4 is 45.1 Å². The maximum atomic E-state index is 12.8. The van der Waals surface area contributed by atoms with Crippen LogP contribution in [0, 0.1) is 0 Å². The van der Waals surface area contributed by atoms with Gasteiger partial charge in [-0.15, -0.1) is 0 Å². The van der Waals surface area contributed by atoms with Crippen molar-refractivity contribution in [3.05, 3.63) is 59.0 Å². The zero-order valence-corrected chi connectivity index (χ0v) is 18.7. The fraction of sp³-hybridized carbons (Fsp3) is 0.304. The van der Waals surface area contributed by atoms with Crippen LogP contribution in [0.2, 0.25) is 0 Å². The molecule has 31 heavy (non-hydrogen) atoms. The highest BCUT2D eigenvalue weighted by Crippen LogP contribution is 2.31. The van der Waals surface area contributed by atoms with Gasteiger partial charge in [-0.3, -0.25) is 4.79 Å². The number of nitrogens with one attached hydrogen (secondary N) is 1. The standard InChI is InChI=1S/C23H28N6OS/c1-28(2)18-10-12-29(13-11-18)19-8-6-17(7-9-19)26-23-27-22(25)21(31-23)20(30)15-4-3-5-16(24)14-15/h3-9,14,18H,10-13,24-25H2,1-2H3,(H,26,27). The number of rotatable bonds is 6. The molecule has 4 rings (SSSR count). The first-order chi connectivity index (χ1) is 14.9. The third-order valence-corrected chi connectivity index (χ3v) is 6.67. The molecular formula is C23H28N6OS. The Kier molecular flexibility index (Phi) is 6.11. The number of ketones is 1. The van der Waals surface area contributed by atoms with Crippen molar-refractivity contribution in [1.82, 2.24) is 9.88 Å². The molecule has 0 bridgehead atoms. The first-order valence-corrected chi connectivity index (χ1v) is 11.2. The van der Waals surface area contributed by atoms with Gasteiger partial charge in [0.1, 0.15) is 10.7 Å². The SMILES string of the molecule is CN(C)C1CCN(c2ccc(Nc3nc(N)c(C(=O)c4cccc(N)c4)s3)cc2)CC1. The monoisotopic (exact) mass is 436 g/mol. The van der Waals surface area contributed by atoms with Gasteiger partial charge in [0, 0.05) is 41.8 Å². The second-order valence-electron chi connectivity index (χ2n) is 8.04. The van der Waals surface area contributed by atoms with Gasteiger partial charge in [0.2, 0.25) is 5.78 Å². The molecule has 2 aromatic carbocycles. The molecule has 0 amide bonds. The number of aromatic nitrogens is 1. The van der Waals surface area contributed by atoms with E-state index in [1.54, 1.807) is 24.3 Å². The third kappa shape index (κ3) is 4.81. The number of nitrogens with zero attached hydrogens (tertiary/aromatic N) is 3. The van der Waals surface area contributed by atoms with Crippen molar-refractivity contribution in [3.8, 4) is 0 Å². The van der Waals surface area contributed by atoms with Crippen LogP contribution in [-0.2, 0) is 0 Å². The van der Waals surface area contributed by atoms with E-state index >= 15 is 0 Å². The van der Waals surface area contributed by atoms with Crippen molar-refractivity contribution in [1.29, 1.82) is 0 Å². The fourth-order valence-corrected chi connectivity index (χ4v) is 4.75. The Morgan fingerprint density at radius 1 is 1.13 bits per heavy atom. The van der Waals surface area contributed by atoms with Crippen molar-refractivity contribution in [3.63, 3.8) is 0 Å². The lowest BCUT2D eigenvalue weighted by Gasteiger charge is -2.36. The van der Waals surface area contributed by atoms with Crippen LogP contribution < -0.4 is 21.7 Å². The number of hydrogen-bond donors (Lipinski definition) is 3. The van der Waals surface area contributed by atoms with Crippen LogP contribution in [0.25, 0.3) is 0 Å². The molecule has 0 unspecified atom stereocenters. The highest BCUT2D eigenvalue weighted by molar-refractivity contribution is 7.18. The maximum absolute atomic E-state index is 12.8. The topological polar surface area (TPSA) is 101 Å². The minimum atomic E-state index is -0.174. The summed E-state index contributed by atoms with van der Waals surface area (Å²) in [6.07, 6.45) is 2.35. The van der Waals surface area contributed by atoms with Gasteiger partial charge in [-0.2, -0.15) is 0 Å². The molecule has 1 aliphatic rings. The van der Waals surface area contributed by atoms with E-state index in [1.165, 1.54) is 29.9 Å². The Balaban J connectivity index is 1.42. The molecule has 1 aromatic heterocycles. The second kappa shape index (κ2) is 8.95. The van der Waals surface area contributed by atoms with Gasteiger partial charge in [0.25, 0.3) is 0 Å². The number of nitrogen functional groups attached to an aromatic ring is 2. The summed E-state index contributed by atoms with van der Waals surface area (Å²) in [5.41, 5.74) is 15.0. The summed E-state index contributed by atoms with van der Waals surface area (Å²) in [4.78, 5) is 22.2. The Morgan fingerprint density at radius 3 is 2.48 bits per heavy atom. The summed E-state index contributed by atoms with van der Waals surface area (Å²) >= 11 is 1.25. The van der Waals surface area contributed by atoms with E-state index in [9.17, 15) is 4.79 Å². The molecule has 8 heteroatoms. The average Bonchev–Trinajstić information content (AvgIpc) is 3.13. The summed E-state index contributed by atoms with van der Waals surface area (Å²) in [6.45, 7) is 2.13. The first-order valence-electron chi connectivity index (χ1n) is 10.4. The summed E-state index contributed by atoms with van der Waals surface area (Å²) in [5, 5.41) is 3.85. The van der Waals surface area contributed by atoms with Crippen LogP contribution in [0.5, 0.6) is 0 Å². The smallest absolute Gasteiger partial charge is 0.206 e. The minimum Gasteiger partial charge on any atom is -0.399 e. The van der Waals surface area contributed by atoms with E-state index in [-0.39, 0.29) is 11.6 Å². The first kappa shape index (κ1) is 21.1. The highest BCUT2D eigenvalue weighted by Gasteiger charge is 2.21. The predicted octanol–water partition coefficient (Wildman–Crippen LogP) is 3.81. The largest absolute Gasteiger partial charge is 0.399 e. The quantitative estimate of drug-likeness (QED) is 0.399. The molecule has 0 saturated carbocycles. The molecule has 162 valence electrons. The minimum absolute atomic E-state index is 0.174. The molecule has 1 saturated heterocycles. The number of carbonyl (C=O) groups excluding carboxylic acids is 1. The van der Waals surface area contributed by atoms with Gasteiger partial charge in [-0.1, -0.05) is 23.5 Å². The molecular weight excluding hydrogens is 408 g/mol. The highest BCUT2D eigenvalue weighted by atomic mass is 32.1. The molecule has 0 spiro atoms. The van der Waals surface area contributed by atoms with Crippen LogP contribution in [-0.4, -0.2) is 48.9 Å². The van der Waals surface area contributed by atoms with Crippen molar-refractivity contribution < 1.29 is 4.79 Å². The summed E-state index contributed by atoms with van der Waals surface area (Å²) < 4.78 is 0. The zero-order chi connectivity index (χ0) is 22.0. The zero-order valence-electron chi connectivity index (χ0n) is 17.8. The lowest BCUT2D eigenvalue weighted by molar-refractivity contribution is 0.104. The van der Waals surface area contributed by atoms with Gasteiger partial charge >= 0.3 is 0 Å². The lowest BCUT2D eigenvalue weighted by Crippen LogP contribution is -2.41. The molecule has 7 nitrogen and oxygen atoms in total. The number of thiazole rings is 1. The van der Waals surface area contributed by atoms with Gasteiger partial charge in [-0.05, 0) is 63.3 Å². The van der Waals surface area contributed by atoms with Gasteiger partial charge in [0.05, 0.1) is 0 Å². The molecule has 0 aliphatic carbocycles. The summed E-state index contributed by atoms with van der Waals surface area (Å²) in [5.74, 6) is 0.0483. The molecule has 1 fully saturated rings. The lowest BCUT2D eigenvalue weighted by atomic mass is 10.0. The van der Waals surface area contributed by atoms with E-state index in [1.807, 2.05) is 12.1 Å². The van der Waals surface area contributed by atoms with E-state index in [0.717, 1.165) is 18.8 Å². The summed E-state index contributed by atoms with van der Waals surface area (Å²) in [7, 11) is 4.31. The third-order valence-electron chi connectivity index (χ3n) is 5.69. The van der Waals surface area contributed by atoms with Crippen molar-refractivity contribution in [2.45, 2.75) is 18.9 Å². The number of piperidine rings is 1. The van der Waals surface area contributed by atoms with Crippen LogP contribution in [0.15, 0.2) is 48.5 Å². The van der Waals surface area contributed by atoms with Crippen molar-refractivity contribution in [2.75, 3.05) is 48.9 Å². The van der Waals surface area contributed by atoms with Crippen LogP contribution >= 0.6 is 11.3 Å². The van der Waals surface area contributed by atoms with Gasteiger partial charge in [-0.25, -0.2) is 4.98 Å². The van der Waals surface area contributed by atoms with E-state index < -0.39 is 0 Å². The van der Waals surface area contributed by atoms with E-state index in [0.29, 0.717) is 27.3 Å². The van der Waals surface area contributed by atoms with Crippen LogP contribution in [0.1, 0.15) is 28.1 Å². The number of nitrogens with two attached hydrogens (primary N) is 2. The maximum Gasteiger partial charge on any atom is 0.206 e. The van der Waals surface area contributed by atoms with E-state index in [2.05, 4.69) is 46.3 Å². The fourth-order valence-electron chi connectivity index (χ4n) is 3.88. The molecule has 5 N–H and O–H groups in total. The Bertz CT molecular complexity index is 1050. The molecule has 1 aliphatic heterocycles. The van der Waals surface area contributed by atoms with Gasteiger partial charge in [0.15, 0.2) is 5.13 Å². The van der Waals surface area contributed by atoms with Gasteiger partial charge < -0.3 is 26.6 Å². The van der Waals surface area contributed by atoms with E-state index in [4.69, 9.17) is 11.5 Å². The predicted molar refractivity (Wildman–Crippen MR) is 129 cm³/mol. The Hall–Kier alpha value is -3.10. The number of anilines is 5. The molecule has 0 radical (unpaired) electrons. The second-order valence-corrected chi connectivity index (χ2v) is 9.04. The number of carbonyl (C=O) groups is 1. The van der Waals surface area contributed by atoms with Crippen LogP contribution in [0.4, 0.5) is 28.0 Å². The summed E-state index contributed by atoms with van der Waals surface area (Å²) in [6, 6.07) is 15.8. The number of benzene rings is 2. The Labute approximate surface area is 186 Å².